The van der Waals surface area contributed by atoms with Crippen molar-refractivity contribution >= 4 is 75.5 Å². The predicted octanol–water partition coefficient (Wildman–Crippen LogP) is 6.05. The van der Waals surface area contributed by atoms with Gasteiger partial charge in [0.2, 0.25) is 29.5 Å². The smallest absolute Gasteiger partial charge is 0.315 e. The fourth-order valence-corrected chi connectivity index (χ4v) is 12.0. The quantitative estimate of drug-likeness (QED) is 0.0225. The van der Waals surface area contributed by atoms with Crippen LogP contribution >= 0.6 is 0 Å². The molecule has 0 aliphatic heterocycles. The fourth-order valence-electron chi connectivity index (χ4n) is 12.0. The van der Waals surface area contributed by atoms with E-state index in [0.29, 0.717) is 90.3 Å². The Balaban J connectivity index is 1.37. The molecule has 2 heterocycles. The second kappa shape index (κ2) is 46.2. The molecule has 0 saturated heterocycles. The van der Waals surface area contributed by atoms with Crippen molar-refractivity contribution in [2.75, 3.05) is 45.8 Å². The molecule has 27 heteroatoms. The first-order valence-electron chi connectivity index (χ1n) is 36.2. The molecule has 13 amide bonds. The summed E-state index contributed by atoms with van der Waals surface area (Å²) in [5.74, 6) is -0.871. The lowest BCUT2D eigenvalue weighted by molar-refractivity contribution is -0.124. The fraction of sp³-hybridized carbons (Fsp3) is 0.653. The summed E-state index contributed by atoms with van der Waals surface area (Å²) < 4.78 is 0. The molecule has 4 aromatic rings. The average Bonchev–Trinajstić information content (AvgIpc) is 1.73. The van der Waals surface area contributed by atoms with Crippen molar-refractivity contribution in [3.8, 4) is 0 Å². The number of fused-ring (bicyclic) bond motifs is 2. The first-order chi connectivity index (χ1) is 47.4. The third kappa shape index (κ3) is 34.0. The van der Waals surface area contributed by atoms with Crippen LogP contribution in [0.4, 0.5) is 19.2 Å². The van der Waals surface area contributed by atoms with E-state index in [4.69, 9.17) is 22.9 Å². The number of carbonyl (C=O) groups is 9. The third-order valence-electron chi connectivity index (χ3n) is 17.9. The first kappa shape index (κ1) is 83.3. The highest BCUT2D eigenvalue weighted by atomic mass is 16.2. The molecule has 2 aromatic carbocycles. The van der Waals surface area contributed by atoms with Gasteiger partial charge in [0.1, 0.15) is 0 Å². The second-order valence-corrected chi connectivity index (χ2v) is 27.9. The Morgan fingerprint density at radius 1 is 0.374 bits per heavy atom. The molecular formula is C72H122N18O9. The number of aromatic nitrogens is 2. The molecule has 0 unspecified atom stereocenters. The van der Waals surface area contributed by atoms with Gasteiger partial charge in [0, 0.05) is 135 Å². The second-order valence-electron chi connectivity index (χ2n) is 27.9. The zero-order valence-corrected chi connectivity index (χ0v) is 60.3. The molecule has 0 aliphatic carbocycles. The van der Waals surface area contributed by atoms with E-state index >= 15 is 0 Å². The molecule has 0 saturated carbocycles. The van der Waals surface area contributed by atoms with Crippen LogP contribution in [0.25, 0.3) is 21.8 Å². The molecule has 0 radical (unpaired) electrons. The van der Waals surface area contributed by atoms with Crippen molar-refractivity contribution in [3.05, 3.63) is 72.1 Å². The Bertz CT molecular complexity index is 3080. The maximum Gasteiger partial charge on any atom is 0.315 e. The van der Waals surface area contributed by atoms with Gasteiger partial charge in [-0.2, -0.15) is 0 Å². The highest BCUT2D eigenvalue weighted by molar-refractivity contribution is 5.85. The maximum atomic E-state index is 13.9. The topological polar surface area (TPSA) is 434 Å². The summed E-state index contributed by atoms with van der Waals surface area (Å²) in [6, 6.07) is 10.7. The summed E-state index contributed by atoms with van der Waals surface area (Å²) in [5.41, 5.74) is 26.6. The lowest BCUT2D eigenvalue weighted by atomic mass is 9.97. The minimum absolute atomic E-state index is 0.0388. The summed E-state index contributed by atoms with van der Waals surface area (Å²) in [7, 11) is 0. The van der Waals surface area contributed by atoms with Gasteiger partial charge in [-0.15, -0.1) is 0 Å². The number of benzene rings is 2. The van der Waals surface area contributed by atoms with Crippen molar-refractivity contribution in [3.63, 3.8) is 0 Å². The number of unbranched alkanes of at least 4 members (excludes halogenated alkanes) is 3. The van der Waals surface area contributed by atoms with Gasteiger partial charge >= 0.3 is 24.1 Å². The van der Waals surface area contributed by atoms with E-state index in [1.807, 2.05) is 116 Å². The van der Waals surface area contributed by atoms with E-state index in [9.17, 15) is 43.2 Å². The molecule has 4 rings (SSSR count). The molecule has 99 heavy (non-hydrogen) atoms. The predicted molar refractivity (Wildman–Crippen MR) is 392 cm³/mol. The number of rotatable bonds is 49. The Morgan fingerprint density at radius 3 is 1.20 bits per heavy atom. The van der Waals surface area contributed by atoms with E-state index in [1.165, 1.54) is 0 Å². The van der Waals surface area contributed by atoms with Crippen LogP contribution in [0, 0.1) is 23.7 Å². The van der Waals surface area contributed by atoms with Crippen LogP contribution in [0.3, 0.4) is 0 Å². The molecule has 0 aliphatic rings. The number of nitrogens with two attached hydrogens (primary N) is 4. The van der Waals surface area contributed by atoms with Crippen LogP contribution in [0.2, 0.25) is 0 Å². The van der Waals surface area contributed by atoms with Gasteiger partial charge in [0.15, 0.2) is 0 Å². The van der Waals surface area contributed by atoms with Crippen LogP contribution in [-0.4, -0.2) is 158 Å². The number of amides is 13. The molecule has 27 nitrogen and oxygen atoms in total. The van der Waals surface area contributed by atoms with E-state index in [1.54, 1.807) is 0 Å². The third-order valence-corrected chi connectivity index (χ3v) is 17.9. The van der Waals surface area contributed by atoms with Crippen molar-refractivity contribution < 1.29 is 43.2 Å². The number of H-pyrrole nitrogens is 2. The Hall–Kier alpha value is -8.17. The van der Waals surface area contributed by atoms with Crippen LogP contribution in [0.15, 0.2) is 60.9 Å². The van der Waals surface area contributed by atoms with E-state index < -0.39 is 54.2 Å². The summed E-state index contributed by atoms with van der Waals surface area (Å²) in [4.78, 5) is 126. The molecule has 0 bridgehead atoms. The summed E-state index contributed by atoms with van der Waals surface area (Å²) in [6.07, 6.45) is 12.9. The van der Waals surface area contributed by atoms with Crippen molar-refractivity contribution in [1.82, 2.24) is 73.8 Å². The Labute approximate surface area is 586 Å². The van der Waals surface area contributed by atoms with E-state index in [2.05, 4.69) is 73.8 Å². The zero-order valence-electron chi connectivity index (χ0n) is 60.3. The SMILES string of the molecule is CC(C)CC(=O)N[C@H](CNC(=O)N[C@@H](CCCCN)CNC(=O)N[C@H](CCC(=O)N[C@H](CCC(=O)N[C@@H](CCCCN)CNC(=O)N[C@H](CNC(=O)N[C@@H](CCCCN)CCC(=O)N[C@H](CCC(N)=O)C(C)C)Cc1c[nH]c2ccccc12)C(C)C)Cc1c[nH]c2ccccc12)C(C)C. The molecule has 22 N–H and O–H groups in total. The van der Waals surface area contributed by atoms with Crippen LogP contribution < -0.4 is 86.7 Å². The number of urea groups is 4. The number of hydrogen-bond acceptors (Lipinski definition) is 12. The summed E-state index contributed by atoms with van der Waals surface area (Å²) >= 11 is 0. The highest BCUT2D eigenvalue weighted by Crippen LogP contribution is 2.22. The standard InChI is InChI=1S/C72H122N18O9/c1-46(2)37-68(95)90-63(49(7)8)45-82-72(99)86-55(21-15-18-36-75)43-80-70(97)85-53(38-50-40-77-61-24-11-9-22-57(50)61)27-32-67(94)89-60(48(5)6)29-33-65(92)83-54(20-14-17-35-74)42-79-71(98)87-56(39-51-41-78-62-25-12-10-23-58(51)62)44-81-69(96)84-52(19-13-16-34-73)26-31-66(93)88-59(47(3)4)28-30-64(76)91/h9-12,22-25,40-41,46-49,52-56,59-60,63,77-78H,13-21,26-39,42-45,73-75H2,1-8H3,(H2,76,91)(H,83,92)(H,88,93)(H,89,94)(H,90,95)(H2,79,87,98)(H2,80,85,97)(H2,81,84,96)(H2,82,86,99)/t52-,53+,54-,55-,56-,59+,60+,63+/m0/s1. The number of para-hydroxylation sites is 2. The molecule has 0 spiro atoms. The van der Waals surface area contributed by atoms with Crippen molar-refractivity contribution in [2.24, 2.45) is 46.6 Å². The lowest BCUT2D eigenvalue weighted by Gasteiger charge is -2.26. The maximum absolute atomic E-state index is 13.9. The first-order valence-corrected chi connectivity index (χ1v) is 36.2. The highest BCUT2D eigenvalue weighted by Gasteiger charge is 2.26. The van der Waals surface area contributed by atoms with Crippen LogP contribution in [0.5, 0.6) is 0 Å². The van der Waals surface area contributed by atoms with Crippen LogP contribution in [0.1, 0.15) is 182 Å². The molecule has 0 fully saturated rings. The van der Waals surface area contributed by atoms with Gasteiger partial charge in [0.05, 0.1) is 6.04 Å². The average molecular weight is 1380 g/mol. The molecular weight excluding hydrogens is 1260 g/mol. The number of primary amides is 1. The Morgan fingerprint density at radius 2 is 0.737 bits per heavy atom. The van der Waals surface area contributed by atoms with Gasteiger partial charge in [-0.1, -0.05) is 111 Å². The number of carbonyl (C=O) groups excluding carboxylic acids is 9. The van der Waals surface area contributed by atoms with Gasteiger partial charge in [-0.3, -0.25) is 24.0 Å². The number of nitrogens with one attached hydrogen (secondary N) is 14. The monoisotopic (exact) mass is 1380 g/mol. The van der Waals surface area contributed by atoms with Crippen LogP contribution in [-0.2, 0) is 36.8 Å². The minimum Gasteiger partial charge on any atom is -0.370 e. The van der Waals surface area contributed by atoms with Crippen molar-refractivity contribution in [1.29, 1.82) is 0 Å². The number of hydrogen-bond donors (Lipinski definition) is 18. The lowest BCUT2D eigenvalue weighted by Crippen LogP contribution is -2.53. The minimum atomic E-state index is -0.586. The van der Waals surface area contributed by atoms with E-state index in [-0.39, 0.29) is 130 Å². The molecule has 8 atom stereocenters. The molecule has 554 valence electrons. The summed E-state index contributed by atoms with van der Waals surface area (Å²) in [5, 5.41) is 38.3. The van der Waals surface area contributed by atoms with Gasteiger partial charge in [-0.25, -0.2) is 19.2 Å². The molecule has 2 aromatic heterocycles. The van der Waals surface area contributed by atoms with Gasteiger partial charge in [-0.05, 0) is 144 Å². The Kier molecular flexibility index (Phi) is 38.9. The van der Waals surface area contributed by atoms with E-state index in [0.717, 1.165) is 58.6 Å². The van der Waals surface area contributed by atoms with Crippen molar-refractivity contribution in [2.45, 2.75) is 232 Å². The van der Waals surface area contributed by atoms with Gasteiger partial charge < -0.3 is 96.7 Å². The van der Waals surface area contributed by atoms with Gasteiger partial charge in [0.25, 0.3) is 0 Å². The zero-order chi connectivity index (χ0) is 72.7. The normalized spacial score (nSPS) is 13.9. The number of aromatic amines is 2. The largest absolute Gasteiger partial charge is 0.370 e. The summed E-state index contributed by atoms with van der Waals surface area (Å²) in [6.45, 7) is 17.7.